The van der Waals surface area contributed by atoms with Crippen molar-refractivity contribution in [2.75, 3.05) is 0 Å². The van der Waals surface area contributed by atoms with Crippen molar-refractivity contribution in [3.8, 4) is 0 Å². The molecule has 0 aromatic heterocycles. The standard InChI is InChI=1S/C10H17Si.Co/c1-3-8(4-2)9-6-5-7-10(9)11;/h6,8H,3-5H2,1-2,11H3;/q-1;. The molecular weight excluding hydrogens is 207 g/mol. The van der Waals surface area contributed by atoms with E-state index in [0.717, 1.165) is 12.3 Å². The van der Waals surface area contributed by atoms with Crippen molar-refractivity contribution in [3.05, 3.63) is 22.9 Å². The van der Waals surface area contributed by atoms with Crippen LogP contribution in [0.4, 0.5) is 0 Å². The fourth-order valence-electron chi connectivity index (χ4n) is 1.77. The van der Waals surface area contributed by atoms with Gasteiger partial charge in [-0.2, -0.15) is 11.6 Å². The van der Waals surface area contributed by atoms with Crippen molar-refractivity contribution in [1.82, 2.24) is 0 Å². The minimum Gasteiger partial charge on any atom is -0.274 e. The molecular formula is C10H17CoSi-. The van der Waals surface area contributed by atoms with Crippen LogP contribution in [0.2, 0.25) is 0 Å². The van der Waals surface area contributed by atoms with Gasteiger partial charge < -0.3 is 0 Å². The molecule has 0 aliphatic heterocycles. The maximum atomic E-state index is 3.40. The van der Waals surface area contributed by atoms with Gasteiger partial charge in [-0.25, -0.2) is 5.20 Å². The van der Waals surface area contributed by atoms with Gasteiger partial charge in [0, 0.05) is 16.8 Å². The van der Waals surface area contributed by atoms with Crippen LogP contribution in [-0.4, -0.2) is 10.2 Å². The maximum Gasteiger partial charge on any atom is 0 e. The largest absolute Gasteiger partial charge is 0.274 e. The van der Waals surface area contributed by atoms with E-state index in [4.69, 9.17) is 0 Å². The summed E-state index contributed by atoms with van der Waals surface area (Å²) in [7, 11) is 1.18. The Balaban J connectivity index is 0.00000121. The minimum absolute atomic E-state index is 0. The molecule has 1 rings (SSSR count). The molecule has 0 unspecified atom stereocenters. The average Bonchev–Trinajstić information content (AvgIpc) is 2.40. The fourth-order valence-corrected chi connectivity index (χ4v) is 2.59. The van der Waals surface area contributed by atoms with E-state index in [-0.39, 0.29) is 16.8 Å². The second kappa shape index (κ2) is 5.78. The van der Waals surface area contributed by atoms with Gasteiger partial charge in [-0.05, 0) is 10.2 Å². The van der Waals surface area contributed by atoms with Crippen LogP contribution in [0.15, 0.2) is 16.8 Å². The summed E-state index contributed by atoms with van der Waals surface area (Å²) in [5, 5.41) is 1.53. The second-order valence-electron chi connectivity index (χ2n) is 3.18. The summed E-state index contributed by atoms with van der Waals surface area (Å²) in [6, 6.07) is 0. The molecule has 1 aliphatic carbocycles. The maximum absolute atomic E-state index is 3.40. The molecule has 0 atom stereocenters. The molecule has 0 saturated heterocycles. The molecule has 0 aromatic carbocycles. The Morgan fingerprint density at radius 2 is 2.08 bits per heavy atom. The van der Waals surface area contributed by atoms with Gasteiger partial charge in [-0.15, -0.1) is 6.42 Å². The summed E-state index contributed by atoms with van der Waals surface area (Å²) in [5.41, 5.74) is 1.61. The van der Waals surface area contributed by atoms with Crippen LogP contribution in [0.5, 0.6) is 0 Å². The van der Waals surface area contributed by atoms with Gasteiger partial charge in [0.1, 0.15) is 0 Å². The van der Waals surface area contributed by atoms with Crippen molar-refractivity contribution in [2.45, 2.75) is 33.1 Å². The predicted octanol–water partition coefficient (Wildman–Crippen LogP) is 1.80. The first-order valence-corrected chi connectivity index (χ1v) is 5.57. The number of rotatable bonds is 3. The monoisotopic (exact) mass is 224 g/mol. The van der Waals surface area contributed by atoms with E-state index in [2.05, 4.69) is 26.0 Å². The summed E-state index contributed by atoms with van der Waals surface area (Å²) in [4.78, 5) is 0. The van der Waals surface area contributed by atoms with Gasteiger partial charge in [0.25, 0.3) is 0 Å². The third-order valence-electron chi connectivity index (χ3n) is 2.55. The molecule has 0 bridgehead atoms. The molecule has 0 amide bonds. The van der Waals surface area contributed by atoms with E-state index in [1.165, 1.54) is 28.3 Å². The normalized spacial score (nSPS) is 15.9. The molecule has 71 valence electrons. The second-order valence-corrected chi connectivity index (χ2v) is 4.18. The zero-order chi connectivity index (χ0) is 8.27. The van der Waals surface area contributed by atoms with Crippen molar-refractivity contribution < 1.29 is 16.8 Å². The SMILES string of the molecule is CCC(CC)C1=CC[C-]=C1[SiH3].[Co]. The molecule has 1 aliphatic rings. The fraction of sp³-hybridized carbons (Fsp3) is 0.600. The first kappa shape index (κ1) is 12.2. The van der Waals surface area contributed by atoms with Gasteiger partial charge in [0.15, 0.2) is 0 Å². The Bertz CT molecular complexity index is 190. The predicted molar refractivity (Wildman–Crippen MR) is 53.5 cm³/mol. The molecule has 0 saturated carbocycles. The average molecular weight is 224 g/mol. The van der Waals surface area contributed by atoms with Crippen LogP contribution in [0.1, 0.15) is 33.1 Å². The summed E-state index contributed by atoms with van der Waals surface area (Å²) in [6.07, 6.45) is 9.41. The van der Waals surface area contributed by atoms with Crippen LogP contribution in [-0.2, 0) is 16.8 Å². The van der Waals surface area contributed by atoms with Crippen molar-refractivity contribution in [1.29, 1.82) is 0 Å². The first-order valence-electron chi connectivity index (χ1n) is 4.57. The molecule has 1 radical (unpaired) electrons. The molecule has 12 heavy (non-hydrogen) atoms. The van der Waals surface area contributed by atoms with Gasteiger partial charge in [0.05, 0.1) is 0 Å². The first-order chi connectivity index (χ1) is 5.29. The summed E-state index contributed by atoms with van der Waals surface area (Å²) in [5.74, 6) is 0.817. The third-order valence-corrected chi connectivity index (χ3v) is 3.48. The van der Waals surface area contributed by atoms with Gasteiger partial charge in [-0.3, -0.25) is 6.08 Å². The van der Waals surface area contributed by atoms with E-state index in [1.807, 2.05) is 0 Å². The van der Waals surface area contributed by atoms with E-state index in [0.29, 0.717) is 0 Å². The van der Waals surface area contributed by atoms with Crippen molar-refractivity contribution in [3.63, 3.8) is 0 Å². The van der Waals surface area contributed by atoms with Gasteiger partial charge in [-0.1, -0.05) is 32.6 Å². The van der Waals surface area contributed by atoms with Gasteiger partial charge in [0.2, 0.25) is 0 Å². The van der Waals surface area contributed by atoms with Crippen LogP contribution in [0, 0.1) is 12.0 Å². The Labute approximate surface area is 89.1 Å². The Morgan fingerprint density at radius 1 is 1.50 bits per heavy atom. The topological polar surface area (TPSA) is 0 Å². The molecule has 0 heterocycles. The number of allylic oxidation sites excluding steroid dienone is 4. The third kappa shape index (κ3) is 2.61. The van der Waals surface area contributed by atoms with Crippen LogP contribution in [0.3, 0.4) is 0 Å². The van der Waals surface area contributed by atoms with Crippen molar-refractivity contribution >= 4 is 10.2 Å². The van der Waals surface area contributed by atoms with Crippen LogP contribution >= 0.6 is 0 Å². The van der Waals surface area contributed by atoms with E-state index in [1.54, 1.807) is 5.57 Å². The molecule has 0 fully saturated rings. The zero-order valence-corrected chi connectivity index (χ0v) is 11.2. The molecule has 0 N–H and O–H groups in total. The summed E-state index contributed by atoms with van der Waals surface area (Å²) < 4.78 is 0. The minimum atomic E-state index is 0. The number of hydrogen-bond acceptors (Lipinski definition) is 0. The Morgan fingerprint density at radius 3 is 2.42 bits per heavy atom. The van der Waals surface area contributed by atoms with E-state index < -0.39 is 0 Å². The molecule has 0 nitrogen and oxygen atoms in total. The Kier molecular flexibility index (Phi) is 5.88. The summed E-state index contributed by atoms with van der Waals surface area (Å²) >= 11 is 0. The molecule has 2 heteroatoms. The number of hydrogen-bond donors (Lipinski definition) is 0. The van der Waals surface area contributed by atoms with Crippen LogP contribution < -0.4 is 0 Å². The smallest absolute Gasteiger partial charge is 0 e. The zero-order valence-electron chi connectivity index (χ0n) is 8.11. The van der Waals surface area contributed by atoms with Crippen LogP contribution in [0.25, 0.3) is 0 Å². The van der Waals surface area contributed by atoms with E-state index >= 15 is 0 Å². The molecule has 0 aromatic rings. The Hall–Kier alpha value is 0.203. The summed E-state index contributed by atoms with van der Waals surface area (Å²) in [6.45, 7) is 4.56. The van der Waals surface area contributed by atoms with Crippen molar-refractivity contribution in [2.24, 2.45) is 5.92 Å². The van der Waals surface area contributed by atoms with E-state index in [9.17, 15) is 0 Å². The van der Waals surface area contributed by atoms with Gasteiger partial charge >= 0.3 is 0 Å². The molecule has 0 spiro atoms. The quantitative estimate of drug-likeness (QED) is 0.506.